The number of thioether (sulfide) groups is 1. The lowest BCUT2D eigenvalue weighted by atomic mass is 9.74. The molecule has 0 spiro atoms. The monoisotopic (exact) mass is 257 g/mol. The van der Waals surface area contributed by atoms with Gasteiger partial charge in [0.25, 0.3) is 0 Å². The molecule has 1 N–H and O–H groups in total. The molecule has 3 unspecified atom stereocenters. The summed E-state index contributed by atoms with van der Waals surface area (Å²) in [4.78, 5) is 0. The molecule has 0 aromatic heterocycles. The van der Waals surface area contributed by atoms with E-state index in [1.54, 1.807) is 0 Å². The van der Waals surface area contributed by atoms with Crippen molar-refractivity contribution < 1.29 is 0 Å². The average molecular weight is 257 g/mol. The molecule has 3 atom stereocenters. The van der Waals surface area contributed by atoms with Gasteiger partial charge >= 0.3 is 0 Å². The summed E-state index contributed by atoms with van der Waals surface area (Å²) in [6.45, 7) is 12.8. The van der Waals surface area contributed by atoms with E-state index in [0.29, 0.717) is 0 Å². The van der Waals surface area contributed by atoms with Crippen molar-refractivity contribution in [2.24, 2.45) is 17.8 Å². The van der Waals surface area contributed by atoms with Crippen LogP contribution in [0.1, 0.15) is 53.9 Å². The Morgan fingerprint density at radius 1 is 1.12 bits per heavy atom. The van der Waals surface area contributed by atoms with Gasteiger partial charge in [0.1, 0.15) is 0 Å². The molecule has 1 nitrogen and oxygen atoms in total. The van der Waals surface area contributed by atoms with Crippen molar-refractivity contribution in [3.63, 3.8) is 0 Å². The highest BCUT2D eigenvalue weighted by Gasteiger charge is 2.29. The molecule has 0 amide bonds. The van der Waals surface area contributed by atoms with Gasteiger partial charge in [-0.2, -0.15) is 11.8 Å². The maximum Gasteiger partial charge on any atom is 0.0186 e. The summed E-state index contributed by atoms with van der Waals surface area (Å²) in [5.41, 5.74) is 0. The van der Waals surface area contributed by atoms with Crippen LogP contribution in [-0.4, -0.2) is 23.6 Å². The van der Waals surface area contributed by atoms with E-state index >= 15 is 0 Å². The molecule has 0 heterocycles. The van der Waals surface area contributed by atoms with Gasteiger partial charge in [0.2, 0.25) is 0 Å². The van der Waals surface area contributed by atoms with E-state index in [9.17, 15) is 0 Å². The summed E-state index contributed by atoms with van der Waals surface area (Å²) < 4.78 is 0. The Labute approximate surface area is 113 Å². The molecule has 0 radical (unpaired) electrons. The lowest BCUT2D eigenvalue weighted by Crippen LogP contribution is -2.41. The first-order chi connectivity index (χ1) is 8.02. The topological polar surface area (TPSA) is 12.0 Å². The largest absolute Gasteiger partial charge is 0.313 e. The van der Waals surface area contributed by atoms with Crippen molar-refractivity contribution in [2.75, 3.05) is 12.3 Å². The molecule has 1 rings (SSSR count). The van der Waals surface area contributed by atoms with Crippen LogP contribution in [0.4, 0.5) is 0 Å². The zero-order valence-corrected chi connectivity index (χ0v) is 13.1. The molecule has 1 saturated carbocycles. The van der Waals surface area contributed by atoms with Gasteiger partial charge in [-0.15, -0.1) is 0 Å². The van der Waals surface area contributed by atoms with Gasteiger partial charge in [-0.05, 0) is 48.8 Å². The zero-order chi connectivity index (χ0) is 12.8. The third-order valence-corrected chi connectivity index (χ3v) is 5.08. The van der Waals surface area contributed by atoms with Crippen LogP contribution >= 0.6 is 11.8 Å². The van der Waals surface area contributed by atoms with Crippen LogP contribution in [0.2, 0.25) is 0 Å². The zero-order valence-electron chi connectivity index (χ0n) is 12.3. The quantitative estimate of drug-likeness (QED) is 0.766. The first-order valence-electron chi connectivity index (χ1n) is 7.37. The fourth-order valence-electron chi connectivity index (χ4n) is 3.26. The Morgan fingerprint density at radius 3 is 2.18 bits per heavy atom. The van der Waals surface area contributed by atoms with E-state index < -0.39 is 0 Å². The molecule has 1 fully saturated rings. The van der Waals surface area contributed by atoms with Crippen molar-refractivity contribution in [2.45, 2.75) is 65.2 Å². The molecule has 0 aliphatic heterocycles. The Kier molecular flexibility index (Phi) is 6.94. The lowest BCUT2D eigenvalue weighted by Gasteiger charge is -2.37. The van der Waals surface area contributed by atoms with Gasteiger partial charge in [0, 0.05) is 11.8 Å². The smallest absolute Gasteiger partial charge is 0.0186 e. The highest BCUT2D eigenvalue weighted by molar-refractivity contribution is 7.99. The Balaban J connectivity index is 2.49. The molecule has 1 aliphatic carbocycles. The number of rotatable bonds is 6. The molecule has 0 bridgehead atoms. The molecule has 102 valence electrons. The maximum absolute atomic E-state index is 3.73. The third-order valence-electron chi connectivity index (χ3n) is 3.86. The third kappa shape index (κ3) is 5.65. The van der Waals surface area contributed by atoms with Gasteiger partial charge in [0.15, 0.2) is 0 Å². The van der Waals surface area contributed by atoms with E-state index in [2.05, 4.69) is 51.7 Å². The SMILES string of the molecule is CCNC(CSC(C)C)C1CC(C)CC(C)C1. The van der Waals surface area contributed by atoms with Gasteiger partial charge < -0.3 is 5.32 Å². The maximum atomic E-state index is 3.73. The molecule has 17 heavy (non-hydrogen) atoms. The fraction of sp³-hybridized carbons (Fsp3) is 1.00. The van der Waals surface area contributed by atoms with Crippen LogP contribution in [0.15, 0.2) is 0 Å². The van der Waals surface area contributed by atoms with Crippen LogP contribution in [-0.2, 0) is 0 Å². The second-order valence-electron chi connectivity index (χ2n) is 6.22. The summed E-state index contributed by atoms with van der Waals surface area (Å²) in [6.07, 6.45) is 4.30. The standard InChI is InChI=1S/C15H31NS/c1-6-16-15(10-17-11(2)3)14-8-12(4)7-13(5)9-14/h11-16H,6-10H2,1-5H3. The molecule has 1 aliphatic rings. The number of nitrogens with one attached hydrogen (secondary N) is 1. The van der Waals surface area contributed by atoms with Crippen LogP contribution in [0.25, 0.3) is 0 Å². The number of hydrogen-bond acceptors (Lipinski definition) is 2. The highest BCUT2D eigenvalue weighted by Crippen LogP contribution is 2.35. The predicted molar refractivity (Wildman–Crippen MR) is 80.7 cm³/mol. The van der Waals surface area contributed by atoms with Crippen molar-refractivity contribution in [3.05, 3.63) is 0 Å². The van der Waals surface area contributed by atoms with Crippen LogP contribution in [0.3, 0.4) is 0 Å². The van der Waals surface area contributed by atoms with Gasteiger partial charge in [-0.1, -0.05) is 34.6 Å². The normalized spacial score (nSPS) is 31.8. The van der Waals surface area contributed by atoms with E-state index in [-0.39, 0.29) is 0 Å². The second kappa shape index (κ2) is 7.68. The molecular formula is C15H31NS. The minimum absolute atomic E-state index is 0.734. The Bertz CT molecular complexity index is 195. The summed E-state index contributed by atoms with van der Waals surface area (Å²) in [5, 5.41) is 4.49. The van der Waals surface area contributed by atoms with Crippen LogP contribution in [0.5, 0.6) is 0 Å². The van der Waals surface area contributed by atoms with E-state index in [0.717, 1.165) is 35.6 Å². The van der Waals surface area contributed by atoms with Crippen LogP contribution in [0, 0.1) is 17.8 Å². The summed E-state index contributed by atoms with van der Waals surface area (Å²) in [6, 6.07) is 0.734. The molecular weight excluding hydrogens is 226 g/mol. The minimum Gasteiger partial charge on any atom is -0.313 e. The Morgan fingerprint density at radius 2 is 1.71 bits per heavy atom. The van der Waals surface area contributed by atoms with Crippen molar-refractivity contribution in [3.8, 4) is 0 Å². The van der Waals surface area contributed by atoms with Crippen molar-refractivity contribution in [1.29, 1.82) is 0 Å². The highest BCUT2D eigenvalue weighted by atomic mass is 32.2. The molecule has 0 saturated heterocycles. The summed E-state index contributed by atoms with van der Waals surface area (Å²) in [7, 11) is 0. The summed E-state index contributed by atoms with van der Waals surface area (Å²) in [5.74, 6) is 4.04. The van der Waals surface area contributed by atoms with Gasteiger partial charge in [-0.25, -0.2) is 0 Å². The number of hydrogen-bond donors (Lipinski definition) is 1. The average Bonchev–Trinajstić information content (AvgIpc) is 2.22. The van der Waals surface area contributed by atoms with Crippen molar-refractivity contribution in [1.82, 2.24) is 5.32 Å². The fourth-order valence-corrected chi connectivity index (χ4v) is 4.24. The lowest BCUT2D eigenvalue weighted by molar-refractivity contribution is 0.185. The first-order valence-corrected chi connectivity index (χ1v) is 8.42. The van der Waals surface area contributed by atoms with E-state index in [1.807, 2.05) is 0 Å². The van der Waals surface area contributed by atoms with E-state index in [4.69, 9.17) is 0 Å². The van der Waals surface area contributed by atoms with E-state index in [1.165, 1.54) is 25.0 Å². The van der Waals surface area contributed by atoms with Crippen LogP contribution < -0.4 is 5.32 Å². The van der Waals surface area contributed by atoms with Gasteiger partial charge in [-0.3, -0.25) is 0 Å². The summed E-state index contributed by atoms with van der Waals surface area (Å²) >= 11 is 2.11. The predicted octanol–water partition coefficient (Wildman–Crippen LogP) is 4.18. The van der Waals surface area contributed by atoms with Gasteiger partial charge in [0.05, 0.1) is 0 Å². The second-order valence-corrected chi connectivity index (χ2v) is 7.83. The van der Waals surface area contributed by atoms with Crippen molar-refractivity contribution >= 4 is 11.8 Å². The molecule has 0 aromatic carbocycles. The molecule has 2 heteroatoms. The minimum atomic E-state index is 0.734. The Hall–Kier alpha value is 0.310. The first kappa shape index (κ1) is 15.4. The molecule has 0 aromatic rings.